The van der Waals surface area contributed by atoms with Crippen molar-refractivity contribution < 1.29 is 0 Å². The molecule has 3 heteroatoms. The molecule has 0 unspecified atom stereocenters. The monoisotopic (exact) mass is 241 g/mol. The molecule has 0 radical (unpaired) electrons. The first-order valence-corrected chi connectivity index (χ1v) is 5.98. The molecule has 0 aromatic heterocycles. The van der Waals surface area contributed by atoms with E-state index in [4.69, 9.17) is 0 Å². The van der Waals surface area contributed by atoms with Gasteiger partial charge in [-0.05, 0) is 28.3 Å². The molecule has 0 atom stereocenters. The maximum Gasteiger partial charge on any atom is 0.0403 e. The Morgan fingerprint density at radius 2 is 1.56 bits per heavy atom. The van der Waals surface area contributed by atoms with Crippen molar-refractivity contribution in [3.05, 3.63) is 53.6 Å². The summed E-state index contributed by atoms with van der Waals surface area (Å²) in [6.45, 7) is 0. The summed E-state index contributed by atoms with van der Waals surface area (Å²) in [6, 6.07) is 15.3. The summed E-state index contributed by atoms with van der Waals surface area (Å²) in [5.74, 6) is 8.00. The van der Waals surface area contributed by atoms with Crippen LogP contribution < -0.4 is 16.6 Å². The van der Waals surface area contributed by atoms with Gasteiger partial charge in [-0.2, -0.15) is 0 Å². The van der Waals surface area contributed by atoms with E-state index < -0.39 is 0 Å². The van der Waals surface area contributed by atoms with Crippen LogP contribution in [0.5, 0.6) is 0 Å². The number of hydrogen-bond acceptors (Lipinski definition) is 3. The fourth-order valence-corrected chi connectivity index (χ4v) is 2.56. The molecule has 0 saturated carbocycles. The highest BCUT2D eigenvalue weighted by atomic mass is 15.1. The van der Waals surface area contributed by atoms with Gasteiger partial charge >= 0.3 is 0 Å². The number of hydrazine groups is 1. The summed E-state index contributed by atoms with van der Waals surface area (Å²) < 4.78 is 0. The van der Waals surface area contributed by atoms with Gasteiger partial charge in [0.1, 0.15) is 0 Å². The van der Waals surface area contributed by atoms with Crippen molar-refractivity contribution in [3.8, 4) is 11.1 Å². The summed E-state index contributed by atoms with van der Waals surface area (Å²) in [7, 11) is 4.22. The molecule has 0 fully saturated rings. The number of nitrogens with zero attached hydrogens (tertiary/aromatic N) is 1. The Hall–Kier alpha value is -1.84. The van der Waals surface area contributed by atoms with Crippen LogP contribution >= 0.6 is 0 Å². The van der Waals surface area contributed by atoms with Crippen molar-refractivity contribution in [2.24, 2.45) is 11.7 Å². The average Bonchev–Trinajstić information content (AvgIpc) is 2.79. The van der Waals surface area contributed by atoms with Gasteiger partial charge in [0.15, 0.2) is 0 Å². The van der Waals surface area contributed by atoms with E-state index in [2.05, 4.69) is 73.1 Å². The lowest BCUT2D eigenvalue weighted by molar-refractivity contribution is 1.10. The highest BCUT2D eigenvalue weighted by Gasteiger charge is 2.20. The topological polar surface area (TPSA) is 55.3 Å². The first kappa shape index (κ1) is 12.6. The molecule has 18 heavy (non-hydrogen) atoms. The van der Waals surface area contributed by atoms with E-state index in [0.29, 0.717) is 0 Å². The third-order valence-electron chi connectivity index (χ3n) is 3.31. The Balaban J connectivity index is 0.000000574. The van der Waals surface area contributed by atoms with Gasteiger partial charge in [0.25, 0.3) is 0 Å². The molecule has 2 aromatic carbocycles. The van der Waals surface area contributed by atoms with Crippen molar-refractivity contribution in [1.82, 2.24) is 0 Å². The number of anilines is 1. The van der Waals surface area contributed by atoms with Gasteiger partial charge < -0.3 is 4.90 Å². The maximum atomic E-state index is 4.00. The van der Waals surface area contributed by atoms with E-state index in [1.54, 1.807) is 0 Å². The van der Waals surface area contributed by atoms with Gasteiger partial charge in [0.2, 0.25) is 0 Å². The van der Waals surface area contributed by atoms with E-state index in [9.17, 15) is 0 Å². The molecule has 0 saturated heterocycles. The lowest BCUT2D eigenvalue weighted by Crippen LogP contribution is -2.10. The van der Waals surface area contributed by atoms with E-state index >= 15 is 0 Å². The summed E-state index contributed by atoms with van der Waals surface area (Å²) in [4.78, 5) is 2.20. The molecule has 2 aromatic rings. The lowest BCUT2D eigenvalue weighted by Gasteiger charge is -2.16. The molecule has 0 spiro atoms. The first-order chi connectivity index (χ1) is 8.77. The Bertz CT molecular complexity index is 547. The van der Waals surface area contributed by atoms with Crippen LogP contribution in [0, 0.1) is 0 Å². The van der Waals surface area contributed by atoms with Gasteiger partial charge in [-0.15, -0.1) is 0 Å². The van der Waals surface area contributed by atoms with Gasteiger partial charge in [-0.3, -0.25) is 11.7 Å². The number of benzene rings is 2. The molecule has 1 aliphatic carbocycles. The Kier molecular flexibility index (Phi) is 3.65. The smallest absolute Gasteiger partial charge is 0.0403 e. The number of nitrogens with two attached hydrogens (primary N) is 2. The normalized spacial score (nSPS) is 11.1. The number of fused-ring (bicyclic) bond motifs is 3. The Morgan fingerprint density at radius 3 is 2.28 bits per heavy atom. The standard InChI is InChI=1S/C15H15N.H4N2/c1-16(2)15-9-5-8-13-12-7-4-3-6-11(12)10-14(13)15;1-2/h3-9H,10H2,1-2H3;1-2H2. The van der Waals surface area contributed by atoms with E-state index in [1.807, 2.05) is 0 Å². The Labute approximate surface area is 108 Å². The van der Waals surface area contributed by atoms with Gasteiger partial charge in [0.05, 0.1) is 0 Å². The van der Waals surface area contributed by atoms with Crippen molar-refractivity contribution in [2.45, 2.75) is 6.42 Å². The van der Waals surface area contributed by atoms with Gasteiger partial charge in [-0.25, -0.2) is 0 Å². The SMILES string of the molecule is CN(C)c1cccc2c1Cc1ccccc1-2.NN. The fourth-order valence-electron chi connectivity index (χ4n) is 2.56. The van der Waals surface area contributed by atoms with Crippen LogP contribution in [0.4, 0.5) is 5.69 Å². The van der Waals surface area contributed by atoms with Crippen molar-refractivity contribution in [2.75, 3.05) is 19.0 Å². The molecular weight excluding hydrogens is 222 g/mol. The minimum Gasteiger partial charge on any atom is -0.377 e. The fraction of sp³-hybridized carbons (Fsp3) is 0.200. The second-order valence-corrected chi connectivity index (χ2v) is 4.53. The molecule has 94 valence electrons. The second kappa shape index (κ2) is 5.21. The van der Waals surface area contributed by atoms with E-state index in [1.165, 1.54) is 27.9 Å². The minimum absolute atomic E-state index is 1.07. The maximum absolute atomic E-state index is 4.00. The molecule has 1 aliphatic rings. The van der Waals surface area contributed by atoms with Gasteiger partial charge in [-0.1, -0.05) is 36.4 Å². The molecule has 3 nitrogen and oxygen atoms in total. The minimum atomic E-state index is 1.07. The molecule has 4 N–H and O–H groups in total. The van der Waals surface area contributed by atoms with Crippen LogP contribution in [0.3, 0.4) is 0 Å². The first-order valence-electron chi connectivity index (χ1n) is 5.98. The van der Waals surface area contributed by atoms with Crippen molar-refractivity contribution in [3.63, 3.8) is 0 Å². The summed E-state index contributed by atoms with van der Waals surface area (Å²) in [6.07, 6.45) is 1.07. The summed E-state index contributed by atoms with van der Waals surface area (Å²) >= 11 is 0. The zero-order chi connectivity index (χ0) is 13.1. The van der Waals surface area contributed by atoms with Crippen LogP contribution in [0.25, 0.3) is 11.1 Å². The lowest BCUT2D eigenvalue weighted by atomic mass is 10.0. The van der Waals surface area contributed by atoms with Crippen LogP contribution in [-0.4, -0.2) is 14.1 Å². The highest BCUT2D eigenvalue weighted by Crippen LogP contribution is 2.40. The quantitative estimate of drug-likeness (QED) is 0.507. The predicted octanol–water partition coefficient (Wildman–Crippen LogP) is 2.14. The van der Waals surface area contributed by atoms with Crippen LogP contribution in [-0.2, 0) is 6.42 Å². The summed E-state index contributed by atoms with van der Waals surface area (Å²) in [5, 5.41) is 0. The summed E-state index contributed by atoms with van der Waals surface area (Å²) in [5.41, 5.74) is 7.07. The third-order valence-corrected chi connectivity index (χ3v) is 3.31. The van der Waals surface area contributed by atoms with Crippen molar-refractivity contribution >= 4 is 5.69 Å². The molecule has 0 heterocycles. The second-order valence-electron chi connectivity index (χ2n) is 4.53. The number of rotatable bonds is 1. The molecule has 0 bridgehead atoms. The predicted molar refractivity (Wildman–Crippen MR) is 77.4 cm³/mol. The van der Waals surface area contributed by atoms with Crippen LogP contribution in [0.2, 0.25) is 0 Å². The number of hydrogen-bond donors (Lipinski definition) is 2. The molecule has 3 rings (SSSR count). The van der Waals surface area contributed by atoms with E-state index in [-0.39, 0.29) is 0 Å². The van der Waals surface area contributed by atoms with E-state index in [0.717, 1.165) is 6.42 Å². The zero-order valence-corrected chi connectivity index (χ0v) is 10.9. The van der Waals surface area contributed by atoms with Crippen molar-refractivity contribution in [1.29, 1.82) is 0 Å². The Morgan fingerprint density at radius 1 is 0.889 bits per heavy atom. The molecule has 0 amide bonds. The van der Waals surface area contributed by atoms with Crippen LogP contribution in [0.1, 0.15) is 11.1 Å². The zero-order valence-electron chi connectivity index (χ0n) is 10.9. The third kappa shape index (κ3) is 1.98. The van der Waals surface area contributed by atoms with Gasteiger partial charge in [0, 0.05) is 26.2 Å². The highest BCUT2D eigenvalue weighted by molar-refractivity contribution is 5.82. The molecule has 0 aliphatic heterocycles. The van der Waals surface area contributed by atoms with Crippen LogP contribution in [0.15, 0.2) is 42.5 Å². The average molecular weight is 241 g/mol. The molecular formula is C15H19N3. The largest absolute Gasteiger partial charge is 0.377 e.